The van der Waals surface area contributed by atoms with E-state index in [-0.39, 0.29) is 28.1 Å². The largest absolute Gasteiger partial charge is 0.325 e. The van der Waals surface area contributed by atoms with Gasteiger partial charge in [-0.3, -0.25) is 9.36 Å². The fourth-order valence-corrected chi connectivity index (χ4v) is 5.60. The number of rotatable bonds is 9. The highest BCUT2D eigenvalue weighted by molar-refractivity contribution is 7.99. The molecular weight excluding hydrogens is 480 g/mol. The third kappa shape index (κ3) is 5.98. The minimum atomic E-state index is -3.64. The van der Waals surface area contributed by atoms with Crippen molar-refractivity contribution in [1.29, 1.82) is 0 Å². The molecule has 3 aromatic carbocycles. The van der Waals surface area contributed by atoms with Crippen LogP contribution in [-0.2, 0) is 26.8 Å². The van der Waals surface area contributed by atoms with Crippen LogP contribution in [0.2, 0.25) is 0 Å². The van der Waals surface area contributed by atoms with Crippen molar-refractivity contribution in [3.05, 3.63) is 95.8 Å². The lowest BCUT2D eigenvalue weighted by molar-refractivity contribution is -0.113. The highest BCUT2D eigenvalue weighted by Crippen LogP contribution is 2.25. The van der Waals surface area contributed by atoms with Gasteiger partial charge in [-0.2, -0.15) is 0 Å². The number of carbonyl (C=O) groups excluding carboxylic acids is 1. The van der Waals surface area contributed by atoms with Crippen molar-refractivity contribution in [2.45, 2.75) is 36.1 Å². The van der Waals surface area contributed by atoms with Gasteiger partial charge in [0.2, 0.25) is 5.91 Å². The van der Waals surface area contributed by atoms with E-state index in [4.69, 9.17) is 0 Å². The minimum Gasteiger partial charge on any atom is -0.325 e. The van der Waals surface area contributed by atoms with Crippen molar-refractivity contribution < 1.29 is 13.2 Å². The summed E-state index contributed by atoms with van der Waals surface area (Å²) in [6.45, 7) is 3.94. The first-order valence-electron chi connectivity index (χ1n) is 11.2. The van der Waals surface area contributed by atoms with E-state index >= 15 is 0 Å². The fourth-order valence-electron chi connectivity index (χ4n) is 3.59. The van der Waals surface area contributed by atoms with Crippen LogP contribution in [0.1, 0.15) is 23.9 Å². The summed E-state index contributed by atoms with van der Waals surface area (Å²) < 4.78 is 27.9. The second-order valence-corrected chi connectivity index (χ2v) is 10.9. The molecule has 0 bridgehead atoms. The van der Waals surface area contributed by atoms with E-state index in [1.807, 2.05) is 68.4 Å². The van der Waals surface area contributed by atoms with Crippen LogP contribution < -0.4 is 5.32 Å². The highest BCUT2D eigenvalue weighted by atomic mass is 32.2. The van der Waals surface area contributed by atoms with Gasteiger partial charge in [-0.25, -0.2) is 8.42 Å². The number of anilines is 1. The summed E-state index contributed by atoms with van der Waals surface area (Å²) in [7, 11) is -3.64. The average molecular weight is 507 g/mol. The van der Waals surface area contributed by atoms with Crippen molar-refractivity contribution in [3.8, 4) is 5.69 Å². The second kappa shape index (κ2) is 10.9. The Kier molecular flexibility index (Phi) is 7.67. The van der Waals surface area contributed by atoms with Gasteiger partial charge in [-0.05, 0) is 49.2 Å². The van der Waals surface area contributed by atoms with Crippen LogP contribution in [0.5, 0.6) is 0 Å². The van der Waals surface area contributed by atoms with Gasteiger partial charge in [0.25, 0.3) is 0 Å². The molecule has 0 atom stereocenters. The molecule has 1 aromatic heterocycles. The minimum absolute atomic E-state index is 0.105. The zero-order valence-corrected chi connectivity index (χ0v) is 21.1. The molecule has 0 saturated carbocycles. The van der Waals surface area contributed by atoms with Crippen molar-refractivity contribution in [2.24, 2.45) is 0 Å². The topological polar surface area (TPSA) is 94.0 Å². The third-order valence-corrected chi connectivity index (χ3v) is 7.98. The zero-order chi connectivity index (χ0) is 24.8. The Balaban J connectivity index is 1.57. The molecule has 0 aliphatic rings. The van der Waals surface area contributed by atoms with Gasteiger partial charge in [0.1, 0.15) is 5.75 Å². The van der Waals surface area contributed by atoms with E-state index in [0.717, 1.165) is 28.9 Å². The van der Waals surface area contributed by atoms with E-state index in [1.54, 1.807) is 28.8 Å². The van der Waals surface area contributed by atoms with Gasteiger partial charge in [0.05, 0.1) is 10.6 Å². The van der Waals surface area contributed by atoms with Crippen LogP contribution >= 0.6 is 11.8 Å². The zero-order valence-electron chi connectivity index (χ0n) is 19.5. The molecule has 1 heterocycles. The number of hydrogen-bond donors (Lipinski definition) is 1. The summed E-state index contributed by atoms with van der Waals surface area (Å²) in [4.78, 5) is 12.9. The molecule has 0 fully saturated rings. The first-order chi connectivity index (χ1) is 16.9. The molecular formula is C26H26N4O3S2. The van der Waals surface area contributed by atoms with Gasteiger partial charge in [0, 0.05) is 11.4 Å². The Hall–Kier alpha value is -3.43. The summed E-state index contributed by atoms with van der Waals surface area (Å²) in [5.41, 5.74) is 3.55. The predicted octanol–water partition coefficient (Wildman–Crippen LogP) is 4.84. The van der Waals surface area contributed by atoms with Crippen LogP contribution in [0.3, 0.4) is 0 Å². The Labute approximate surface area is 209 Å². The molecule has 4 rings (SSSR count). The third-order valence-electron chi connectivity index (χ3n) is 5.42. The molecule has 9 heteroatoms. The molecule has 7 nitrogen and oxygen atoms in total. The molecule has 0 spiro atoms. The van der Waals surface area contributed by atoms with Crippen LogP contribution in [0.25, 0.3) is 5.69 Å². The van der Waals surface area contributed by atoms with E-state index in [0.29, 0.717) is 5.16 Å². The van der Waals surface area contributed by atoms with Gasteiger partial charge in [0.15, 0.2) is 20.8 Å². The molecule has 0 saturated heterocycles. The van der Waals surface area contributed by atoms with E-state index in [9.17, 15) is 13.2 Å². The number of aryl methyl sites for hydroxylation is 2. The maximum absolute atomic E-state index is 13.1. The Morgan fingerprint density at radius 3 is 2.34 bits per heavy atom. The lowest BCUT2D eigenvalue weighted by atomic mass is 10.1. The van der Waals surface area contributed by atoms with Crippen molar-refractivity contribution in [2.75, 3.05) is 11.1 Å². The highest BCUT2D eigenvalue weighted by Gasteiger charge is 2.23. The number of carbonyl (C=O) groups is 1. The molecule has 4 aromatic rings. The number of thioether (sulfide) groups is 1. The molecule has 35 heavy (non-hydrogen) atoms. The number of para-hydroxylation sites is 2. The van der Waals surface area contributed by atoms with Crippen molar-refractivity contribution in [1.82, 2.24) is 14.8 Å². The normalized spacial score (nSPS) is 11.4. The average Bonchev–Trinajstić information content (AvgIpc) is 3.25. The number of nitrogens with one attached hydrogen (secondary N) is 1. The van der Waals surface area contributed by atoms with E-state index in [2.05, 4.69) is 15.5 Å². The number of benzene rings is 3. The van der Waals surface area contributed by atoms with Crippen LogP contribution in [-0.4, -0.2) is 34.8 Å². The fraction of sp³-hybridized carbons (Fsp3) is 0.192. The van der Waals surface area contributed by atoms with Gasteiger partial charge in [-0.1, -0.05) is 72.8 Å². The molecule has 180 valence electrons. The van der Waals surface area contributed by atoms with Gasteiger partial charge < -0.3 is 5.32 Å². The lowest BCUT2D eigenvalue weighted by Gasteiger charge is -2.12. The summed E-state index contributed by atoms with van der Waals surface area (Å²) in [6.07, 6.45) is 0.810. The lowest BCUT2D eigenvalue weighted by Crippen LogP contribution is -2.16. The smallest absolute Gasteiger partial charge is 0.234 e. The molecule has 0 unspecified atom stereocenters. The molecule has 0 aliphatic heterocycles. The number of amides is 1. The standard InChI is InChI=1S/C26H26N4O3S2/c1-3-20-9-7-8-12-23(20)27-25(31)17-34-26-29-28-24(30(26)21-10-5-4-6-11-21)18-35(32,33)22-15-13-19(2)14-16-22/h4-16H,3,17-18H2,1-2H3,(H,27,31). The summed E-state index contributed by atoms with van der Waals surface area (Å²) in [5.74, 6) is -0.0918. The van der Waals surface area contributed by atoms with E-state index in [1.165, 1.54) is 11.8 Å². The first kappa shape index (κ1) is 24.7. The van der Waals surface area contributed by atoms with Gasteiger partial charge >= 0.3 is 0 Å². The maximum Gasteiger partial charge on any atom is 0.234 e. The molecule has 0 aliphatic carbocycles. The molecule has 0 radical (unpaired) electrons. The van der Waals surface area contributed by atoms with Crippen LogP contribution in [0.4, 0.5) is 5.69 Å². The Morgan fingerprint density at radius 2 is 1.63 bits per heavy atom. The quantitative estimate of drug-likeness (QED) is 0.327. The monoisotopic (exact) mass is 506 g/mol. The first-order valence-corrected chi connectivity index (χ1v) is 13.8. The van der Waals surface area contributed by atoms with Crippen LogP contribution in [0, 0.1) is 6.92 Å². The second-order valence-electron chi connectivity index (χ2n) is 7.99. The van der Waals surface area contributed by atoms with Crippen molar-refractivity contribution >= 4 is 33.2 Å². The number of aromatic nitrogens is 3. The summed E-state index contributed by atoms with van der Waals surface area (Å²) >= 11 is 1.21. The van der Waals surface area contributed by atoms with Gasteiger partial charge in [-0.15, -0.1) is 10.2 Å². The number of hydrogen-bond acceptors (Lipinski definition) is 6. The number of nitrogens with zero attached hydrogens (tertiary/aromatic N) is 3. The maximum atomic E-state index is 13.1. The molecule has 1 N–H and O–H groups in total. The van der Waals surface area contributed by atoms with Crippen LogP contribution in [0.15, 0.2) is 88.9 Å². The Bertz CT molecular complexity index is 1420. The summed E-state index contributed by atoms with van der Waals surface area (Å²) in [6, 6.07) is 23.7. The predicted molar refractivity (Wildman–Crippen MR) is 139 cm³/mol. The summed E-state index contributed by atoms with van der Waals surface area (Å²) in [5, 5.41) is 11.8. The molecule has 1 amide bonds. The van der Waals surface area contributed by atoms with Crippen molar-refractivity contribution in [3.63, 3.8) is 0 Å². The SMILES string of the molecule is CCc1ccccc1NC(=O)CSc1nnc(CS(=O)(=O)c2ccc(C)cc2)n1-c1ccccc1. The Morgan fingerprint density at radius 1 is 0.943 bits per heavy atom. The number of sulfone groups is 1. The van der Waals surface area contributed by atoms with E-state index < -0.39 is 9.84 Å².